The predicted molar refractivity (Wildman–Crippen MR) is 139 cm³/mol. The SMILES string of the molecule is CCOc1ccc(NC(=O)/C(C#N)=C\c2cc(Br)c(OCc3ccc([N+](=O)[O-])cc3)c(Br)c2)cc1. The number of nitro groups is 1. The summed E-state index contributed by atoms with van der Waals surface area (Å²) in [5.74, 6) is 0.660. The quantitative estimate of drug-likeness (QED) is 0.127. The second kappa shape index (κ2) is 12.1. The molecule has 0 aromatic heterocycles. The maximum atomic E-state index is 12.6. The number of carbonyl (C=O) groups excluding carboxylic acids is 1. The number of anilines is 1. The first-order valence-electron chi connectivity index (χ1n) is 10.3. The Morgan fingerprint density at radius 1 is 1.09 bits per heavy atom. The zero-order chi connectivity index (χ0) is 25.4. The van der Waals surface area contributed by atoms with E-state index in [-0.39, 0.29) is 17.9 Å². The standard InChI is InChI=1S/C25H19Br2N3O5/c1-2-34-21-9-5-19(6-10-21)29-25(31)18(14-28)11-17-12-22(26)24(23(27)13-17)35-15-16-3-7-20(8-4-16)30(32)33/h3-13H,2,15H2,1H3,(H,29,31)/b18-11-. The van der Waals surface area contributed by atoms with Gasteiger partial charge in [-0.25, -0.2) is 0 Å². The molecular weight excluding hydrogens is 582 g/mol. The minimum Gasteiger partial charge on any atom is -0.494 e. The molecule has 3 aromatic carbocycles. The zero-order valence-corrected chi connectivity index (χ0v) is 21.6. The molecule has 0 heterocycles. The lowest BCUT2D eigenvalue weighted by molar-refractivity contribution is -0.384. The van der Waals surface area contributed by atoms with E-state index in [0.717, 1.165) is 5.56 Å². The summed E-state index contributed by atoms with van der Waals surface area (Å²) >= 11 is 6.91. The molecule has 0 radical (unpaired) electrons. The van der Waals surface area contributed by atoms with Gasteiger partial charge in [0.1, 0.15) is 29.7 Å². The van der Waals surface area contributed by atoms with E-state index < -0.39 is 10.8 Å². The van der Waals surface area contributed by atoms with E-state index in [0.29, 0.717) is 38.3 Å². The van der Waals surface area contributed by atoms with Crippen molar-refractivity contribution in [3.63, 3.8) is 0 Å². The van der Waals surface area contributed by atoms with Gasteiger partial charge in [0.2, 0.25) is 0 Å². The molecule has 8 nitrogen and oxygen atoms in total. The maximum Gasteiger partial charge on any atom is 0.269 e. The topological polar surface area (TPSA) is 114 Å². The molecule has 0 aliphatic heterocycles. The highest BCUT2D eigenvalue weighted by Crippen LogP contribution is 2.36. The lowest BCUT2D eigenvalue weighted by Gasteiger charge is -2.12. The number of hydrogen-bond donors (Lipinski definition) is 1. The highest BCUT2D eigenvalue weighted by atomic mass is 79.9. The summed E-state index contributed by atoms with van der Waals surface area (Å²) in [4.78, 5) is 22.9. The number of non-ortho nitro benzene ring substituents is 1. The van der Waals surface area contributed by atoms with Gasteiger partial charge >= 0.3 is 0 Å². The third-order valence-electron chi connectivity index (χ3n) is 4.65. The summed E-state index contributed by atoms with van der Waals surface area (Å²) in [6.07, 6.45) is 1.47. The lowest BCUT2D eigenvalue weighted by atomic mass is 10.1. The van der Waals surface area contributed by atoms with Crippen molar-refractivity contribution >= 4 is 55.2 Å². The number of halogens is 2. The molecule has 0 fully saturated rings. The van der Waals surface area contributed by atoms with Crippen LogP contribution < -0.4 is 14.8 Å². The molecule has 0 atom stereocenters. The molecule has 178 valence electrons. The monoisotopic (exact) mass is 599 g/mol. The number of carbonyl (C=O) groups is 1. The predicted octanol–water partition coefficient (Wildman–Crippen LogP) is 6.64. The van der Waals surface area contributed by atoms with Crippen LogP contribution >= 0.6 is 31.9 Å². The Bertz CT molecular complexity index is 1280. The van der Waals surface area contributed by atoms with E-state index in [1.807, 2.05) is 13.0 Å². The van der Waals surface area contributed by atoms with Crippen molar-refractivity contribution in [1.82, 2.24) is 0 Å². The van der Waals surface area contributed by atoms with Gasteiger partial charge in [-0.2, -0.15) is 5.26 Å². The molecule has 1 amide bonds. The summed E-state index contributed by atoms with van der Waals surface area (Å²) in [6.45, 7) is 2.62. The first-order chi connectivity index (χ1) is 16.8. The van der Waals surface area contributed by atoms with Crippen LogP contribution in [0.25, 0.3) is 6.08 Å². The zero-order valence-electron chi connectivity index (χ0n) is 18.5. The average molecular weight is 601 g/mol. The van der Waals surface area contributed by atoms with Crippen molar-refractivity contribution in [1.29, 1.82) is 5.26 Å². The third-order valence-corrected chi connectivity index (χ3v) is 5.83. The molecule has 0 saturated carbocycles. The Hall–Kier alpha value is -3.68. The van der Waals surface area contributed by atoms with Gasteiger partial charge in [0.15, 0.2) is 0 Å². The second-order valence-corrected chi connectivity index (χ2v) is 8.82. The summed E-state index contributed by atoms with van der Waals surface area (Å²) in [6, 6.07) is 18.3. The van der Waals surface area contributed by atoms with Crippen LogP contribution in [0.5, 0.6) is 11.5 Å². The Balaban J connectivity index is 1.71. The van der Waals surface area contributed by atoms with Crippen LogP contribution in [0, 0.1) is 21.4 Å². The van der Waals surface area contributed by atoms with Gasteiger partial charge in [-0.15, -0.1) is 0 Å². The largest absolute Gasteiger partial charge is 0.494 e. The van der Waals surface area contributed by atoms with Crippen LogP contribution in [0.1, 0.15) is 18.1 Å². The minimum atomic E-state index is -0.539. The molecule has 35 heavy (non-hydrogen) atoms. The summed E-state index contributed by atoms with van der Waals surface area (Å²) < 4.78 is 12.4. The fraction of sp³-hybridized carbons (Fsp3) is 0.120. The van der Waals surface area contributed by atoms with Crippen LogP contribution in [0.2, 0.25) is 0 Å². The smallest absolute Gasteiger partial charge is 0.269 e. The van der Waals surface area contributed by atoms with Gasteiger partial charge in [-0.05, 0) is 105 Å². The molecule has 0 spiro atoms. The molecule has 0 unspecified atom stereocenters. The second-order valence-electron chi connectivity index (χ2n) is 7.11. The van der Waals surface area contributed by atoms with Gasteiger partial charge in [0.25, 0.3) is 11.6 Å². The van der Waals surface area contributed by atoms with Gasteiger partial charge in [0, 0.05) is 17.8 Å². The molecule has 3 rings (SSSR count). The van der Waals surface area contributed by atoms with E-state index in [1.165, 1.54) is 18.2 Å². The van der Waals surface area contributed by atoms with Crippen LogP contribution in [0.3, 0.4) is 0 Å². The Kier molecular flexibility index (Phi) is 9.00. The first-order valence-corrected chi connectivity index (χ1v) is 11.9. The summed E-state index contributed by atoms with van der Waals surface area (Å²) in [5, 5.41) is 23.0. The van der Waals surface area contributed by atoms with Crippen LogP contribution in [-0.2, 0) is 11.4 Å². The van der Waals surface area contributed by atoms with Crippen molar-refractivity contribution < 1.29 is 19.2 Å². The van der Waals surface area contributed by atoms with Crippen molar-refractivity contribution in [3.8, 4) is 17.6 Å². The van der Waals surface area contributed by atoms with Crippen molar-refractivity contribution in [2.24, 2.45) is 0 Å². The first kappa shape index (κ1) is 25.9. The van der Waals surface area contributed by atoms with E-state index in [4.69, 9.17) is 9.47 Å². The molecular formula is C25H19Br2N3O5. The van der Waals surface area contributed by atoms with E-state index in [9.17, 15) is 20.2 Å². The fourth-order valence-electron chi connectivity index (χ4n) is 2.98. The lowest BCUT2D eigenvalue weighted by Crippen LogP contribution is -2.13. The normalized spacial score (nSPS) is 10.9. The molecule has 1 N–H and O–H groups in total. The van der Waals surface area contributed by atoms with Crippen molar-refractivity contribution in [3.05, 3.63) is 96.4 Å². The number of rotatable bonds is 9. The number of hydrogen-bond acceptors (Lipinski definition) is 6. The number of benzene rings is 3. The van der Waals surface area contributed by atoms with E-state index in [2.05, 4.69) is 37.2 Å². The van der Waals surface area contributed by atoms with Crippen LogP contribution in [-0.4, -0.2) is 17.4 Å². The minimum absolute atomic E-state index is 0.00658. The molecule has 3 aromatic rings. The van der Waals surface area contributed by atoms with Crippen LogP contribution in [0.4, 0.5) is 11.4 Å². The average Bonchev–Trinajstić information content (AvgIpc) is 2.83. The summed E-state index contributed by atoms with van der Waals surface area (Å²) in [7, 11) is 0. The molecule has 10 heteroatoms. The highest BCUT2D eigenvalue weighted by molar-refractivity contribution is 9.11. The summed E-state index contributed by atoms with van der Waals surface area (Å²) in [5.41, 5.74) is 1.84. The number of nitro benzene ring substituents is 1. The Morgan fingerprint density at radius 2 is 1.71 bits per heavy atom. The highest BCUT2D eigenvalue weighted by Gasteiger charge is 2.13. The maximum absolute atomic E-state index is 12.6. The molecule has 0 bridgehead atoms. The van der Waals surface area contributed by atoms with Crippen molar-refractivity contribution in [2.75, 3.05) is 11.9 Å². The third kappa shape index (κ3) is 7.15. The number of nitriles is 1. The fourth-order valence-corrected chi connectivity index (χ4v) is 4.44. The van der Waals surface area contributed by atoms with Gasteiger partial charge < -0.3 is 14.8 Å². The number of ether oxygens (including phenoxy) is 2. The molecule has 0 aliphatic carbocycles. The van der Waals surface area contributed by atoms with E-state index in [1.54, 1.807) is 48.5 Å². The van der Waals surface area contributed by atoms with Gasteiger partial charge in [-0.3, -0.25) is 14.9 Å². The van der Waals surface area contributed by atoms with Gasteiger partial charge in [0.05, 0.1) is 20.5 Å². The van der Waals surface area contributed by atoms with Crippen molar-refractivity contribution in [2.45, 2.75) is 13.5 Å². The molecule has 0 aliphatic rings. The number of nitrogens with one attached hydrogen (secondary N) is 1. The number of nitrogens with zero attached hydrogens (tertiary/aromatic N) is 2. The van der Waals surface area contributed by atoms with Crippen LogP contribution in [0.15, 0.2) is 75.2 Å². The number of amides is 1. The Morgan fingerprint density at radius 3 is 2.26 bits per heavy atom. The van der Waals surface area contributed by atoms with Gasteiger partial charge in [-0.1, -0.05) is 0 Å². The molecule has 0 saturated heterocycles. The van der Waals surface area contributed by atoms with E-state index >= 15 is 0 Å². The Labute approximate surface area is 218 Å².